The first kappa shape index (κ1) is 6.26. The summed E-state index contributed by atoms with van der Waals surface area (Å²) < 4.78 is 4.57. The molecule has 0 spiro atoms. The van der Waals surface area contributed by atoms with E-state index in [1.54, 1.807) is 0 Å². The summed E-state index contributed by atoms with van der Waals surface area (Å²) >= 11 is 0. The highest BCUT2D eigenvalue weighted by Crippen LogP contribution is 2.14. The Balaban J connectivity index is 2.60. The van der Waals surface area contributed by atoms with Crippen LogP contribution in [-0.4, -0.2) is 18.4 Å². The minimum Gasteiger partial charge on any atom is -0.465 e. The van der Waals surface area contributed by atoms with Gasteiger partial charge in [-0.3, -0.25) is 9.59 Å². The van der Waals surface area contributed by atoms with Crippen LogP contribution in [0.1, 0.15) is 13.3 Å². The third kappa shape index (κ3) is 1.09. The molecule has 1 rings (SSSR count). The van der Waals surface area contributed by atoms with Crippen molar-refractivity contribution in [1.29, 1.82) is 0 Å². The van der Waals surface area contributed by atoms with E-state index in [1.807, 2.05) is 0 Å². The maximum Gasteiger partial charge on any atom is 0.316 e. The monoisotopic (exact) mass is 128 g/mol. The Morgan fingerprint density at radius 3 is 2.67 bits per heavy atom. The molecule has 0 N–H and O–H groups in total. The maximum absolute atomic E-state index is 10.6. The van der Waals surface area contributed by atoms with Crippen LogP contribution in [0.15, 0.2) is 0 Å². The molecule has 1 atom stereocenters. The molecule has 0 unspecified atom stereocenters. The summed E-state index contributed by atoms with van der Waals surface area (Å²) in [6.45, 7) is 1.82. The standard InChI is InChI=1S/C6H8O3/c1-4(7)5-2-3-9-6(5)8/h5H,2-3H2,1H3/t5-/m0/s1. The number of esters is 1. The average molecular weight is 128 g/mol. The van der Waals surface area contributed by atoms with Crippen LogP contribution in [0, 0.1) is 5.92 Å². The zero-order valence-electron chi connectivity index (χ0n) is 5.22. The molecule has 50 valence electrons. The van der Waals surface area contributed by atoms with Gasteiger partial charge in [0.25, 0.3) is 0 Å². The molecule has 1 heterocycles. The van der Waals surface area contributed by atoms with Gasteiger partial charge >= 0.3 is 5.97 Å². The molecule has 9 heavy (non-hydrogen) atoms. The molecule has 1 saturated heterocycles. The lowest BCUT2D eigenvalue weighted by Crippen LogP contribution is -2.15. The Morgan fingerprint density at radius 1 is 1.78 bits per heavy atom. The number of ether oxygens (including phenoxy) is 1. The molecule has 0 bridgehead atoms. The van der Waals surface area contributed by atoms with Crippen molar-refractivity contribution in [2.75, 3.05) is 6.61 Å². The SMILES string of the molecule is CC(=O)[C@@H]1CCOC1=O. The summed E-state index contributed by atoms with van der Waals surface area (Å²) in [6, 6.07) is 0. The van der Waals surface area contributed by atoms with Crippen molar-refractivity contribution in [2.45, 2.75) is 13.3 Å². The summed E-state index contributed by atoms with van der Waals surface area (Å²) in [6.07, 6.45) is 0.564. The second-order valence-electron chi connectivity index (χ2n) is 2.12. The Kier molecular flexibility index (Phi) is 1.51. The lowest BCUT2D eigenvalue weighted by molar-refractivity contribution is -0.144. The summed E-state index contributed by atoms with van der Waals surface area (Å²) in [5.41, 5.74) is 0. The predicted octanol–water partition coefficient (Wildman–Crippen LogP) is 0.139. The molecular formula is C6H8O3. The quantitative estimate of drug-likeness (QED) is 0.372. The molecule has 0 saturated carbocycles. The molecule has 0 aromatic carbocycles. The minimum atomic E-state index is -0.468. The van der Waals surface area contributed by atoms with Crippen molar-refractivity contribution in [3.8, 4) is 0 Å². The van der Waals surface area contributed by atoms with Crippen molar-refractivity contribution in [3.05, 3.63) is 0 Å². The third-order valence-electron chi connectivity index (χ3n) is 1.43. The molecule has 0 radical (unpaired) electrons. The van der Waals surface area contributed by atoms with E-state index >= 15 is 0 Å². The molecule has 1 aliphatic rings. The normalized spacial score (nSPS) is 25.9. The van der Waals surface area contributed by atoms with Crippen molar-refractivity contribution in [1.82, 2.24) is 0 Å². The van der Waals surface area contributed by atoms with Gasteiger partial charge in [0.15, 0.2) is 0 Å². The highest BCUT2D eigenvalue weighted by molar-refractivity contribution is 5.98. The topological polar surface area (TPSA) is 43.4 Å². The predicted molar refractivity (Wildman–Crippen MR) is 29.7 cm³/mol. The van der Waals surface area contributed by atoms with Crippen molar-refractivity contribution >= 4 is 11.8 Å². The summed E-state index contributed by atoms with van der Waals surface area (Å²) in [5.74, 6) is -0.912. The van der Waals surface area contributed by atoms with E-state index in [4.69, 9.17) is 0 Å². The van der Waals surface area contributed by atoms with E-state index in [-0.39, 0.29) is 11.8 Å². The number of ketones is 1. The molecular weight excluding hydrogens is 120 g/mol. The van der Waals surface area contributed by atoms with Gasteiger partial charge in [0.1, 0.15) is 11.7 Å². The molecule has 3 nitrogen and oxygen atoms in total. The van der Waals surface area contributed by atoms with Crippen LogP contribution in [0.2, 0.25) is 0 Å². The van der Waals surface area contributed by atoms with Gasteiger partial charge in [-0.05, 0) is 6.92 Å². The number of carbonyl (C=O) groups is 2. The fourth-order valence-corrected chi connectivity index (χ4v) is 0.865. The number of Topliss-reactive ketones (excluding diaryl/α,β-unsaturated/α-hetero) is 1. The average Bonchev–Trinajstić information content (AvgIpc) is 2.13. The van der Waals surface area contributed by atoms with Gasteiger partial charge in [0.05, 0.1) is 6.61 Å². The van der Waals surface area contributed by atoms with Gasteiger partial charge in [0, 0.05) is 6.42 Å². The van der Waals surface area contributed by atoms with E-state index in [2.05, 4.69) is 4.74 Å². The Hall–Kier alpha value is -0.860. The van der Waals surface area contributed by atoms with Crippen LogP contribution in [0.3, 0.4) is 0 Å². The van der Waals surface area contributed by atoms with Crippen LogP contribution in [-0.2, 0) is 14.3 Å². The zero-order chi connectivity index (χ0) is 6.85. The Morgan fingerprint density at radius 2 is 2.44 bits per heavy atom. The van der Waals surface area contributed by atoms with E-state index in [9.17, 15) is 9.59 Å². The molecule has 0 aromatic heterocycles. The third-order valence-corrected chi connectivity index (χ3v) is 1.43. The highest BCUT2D eigenvalue weighted by Gasteiger charge is 2.29. The molecule has 0 aromatic rings. The van der Waals surface area contributed by atoms with Crippen LogP contribution >= 0.6 is 0 Å². The lowest BCUT2D eigenvalue weighted by atomic mass is 10.1. The number of carbonyl (C=O) groups excluding carboxylic acids is 2. The summed E-state index contributed by atoms with van der Waals surface area (Å²) in [5, 5.41) is 0. The first-order valence-corrected chi connectivity index (χ1v) is 2.89. The second kappa shape index (κ2) is 2.17. The maximum atomic E-state index is 10.6. The number of cyclic esters (lactones) is 1. The highest BCUT2D eigenvalue weighted by atomic mass is 16.5. The molecule has 1 fully saturated rings. The van der Waals surface area contributed by atoms with Crippen LogP contribution in [0.4, 0.5) is 0 Å². The van der Waals surface area contributed by atoms with E-state index in [0.29, 0.717) is 13.0 Å². The number of hydrogen-bond acceptors (Lipinski definition) is 3. The van der Waals surface area contributed by atoms with Gasteiger partial charge < -0.3 is 4.74 Å². The van der Waals surface area contributed by atoms with Crippen molar-refractivity contribution in [3.63, 3.8) is 0 Å². The van der Waals surface area contributed by atoms with Gasteiger partial charge in [-0.2, -0.15) is 0 Å². The fourth-order valence-electron chi connectivity index (χ4n) is 0.865. The fraction of sp³-hybridized carbons (Fsp3) is 0.667. The molecule has 0 aliphatic carbocycles. The van der Waals surface area contributed by atoms with Crippen LogP contribution in [0.5, 0.6) is 0 Å². The molecule has 3 heteroatoms. The van der Waals surface area contributed by atoms with Crippen molar-refractivity contribution in [2.24, 2.45) is 5.92 Å². The minimum absolute atomic E-state index is 0.0856. The largest absolute Gasteiger partial charge is 0.465 e. The van der Waals surface area contributed by atoms with Gasteiger partial charge in [-0.25, -0.2) is 0 Å². The Labute approximate surface area is 53.0 Å². The van der Waals surface area contributed by atoms with Crippen molar-refractivity contribution < 1.29 is 14.3 Å². The first-order chi connectivity index (χ1) is 4.22. The molecule has 0 amide bonds. The van der Waals surface area contributed by atoms with Crippen LogP contribution < -0.4 is 0 Å². The second-order valence-corrected chi connectivity index (χ2v) is 2.12. The van der Waals surface area contributed by atoms with E-state index < -0.39 is 5.92 Å². The Bertz CT molecular complexity index is 150. The van der Waals surface area contributed by atoms with E-state index in [0.717, 1.165) is 0 Å². The van der Waals surface area contributed by atoms with Crippen LogP contribution in [0.25, 0.3) is 0 Å². The molecule has 1 aliphatic heterocycles. The smallest absolute Gasteiger partial charge is 0.316 e. The zero-order valence-corrected chi connectivity index (χ0v) is 5.22. The lowest BCUT2D eigenvalue weighted by Gasteiger charge is -1.95. The van der Waals surface area contributed by atoms with Gasteiger partial charge in [0.2, 0.25) is 0 Å². The van der Waals surface area contributed by atoms with Gasteiger partial charge in [-0.15, -0.1) is 0 Å². The number of rotatable bonds is 1. The first-order valence-electron chi connectivity index (χ1n) is 2.89. The van der Waals surface area contributed by atoms with Gasteiger partial charge in [-0.1, -0.05) is 0 Å². The summed E-state index contributed by atoms with van der Waals surface area (Å²) in [4.78, 5) is 21.1. The van der Waals surface area contributed by atoms with E-state index in [1.165, 1.54) is 6.92 Å². The number of hydrogen-bond donors (Lipinski definition) is 0. The summed E-state index contributed by atoms with van der Waals surface area (Å²) in [7, 11) is 0.